The molecule has 1 aliphatic rings. The standard InChI is InChI=1S/C21H27FN4O2/c1-14-11-18(26-9-10-28-13-15(26)2)24-20(25(3)4)19(14)21(27)23-12-16-5-7-17(22)8-6-16/h5-8,11,15H,9-10,12-13H2,1-4H3,(H,23,27). The van der Waals surface area contributed by atoms with Gasteiger partial charge in [-0.1, -0.05) is 12.1 Å². The Bertz CT molecular complexity index is 839. The number of carbonyl (C=O) groups is 1. The fraction of sp³-hybridized carbons (Fsp3) is 0.429. The van der Waals surface area contributed by atoms with Crippen molar-refractivity contribution in [1.29, 1.82) is 0 Å². The predicted octanol–water partition coefficient (Wildman–Crippen LogP) is 2.75. The Hall–Kier alpha value is -2.67. The second kappa shape index (κ2) is 8.56. The molecule has 1 fully saturated rings. The number of morpholine rings is 1. The summed E-state index contributed by atoms with van der Waals surface area (Å²) in [6.07, 6.45) is 0. The molecular formula is C21H27FN4O2. The largest absolute Gasteiger partial charge is 0.377 e. The monoisotopic (exact) mass is 386 g/mol. The van der Waals surface area contributed by atoms with Crippen molar-refractivity contribution in [2.75, 3.05) is 43.7 Å². The van der Waals surface area contributed by atoms with Crippen molar-refractivity contribution in [2.24, 2.45) is 0 Å². The molecule has 1 unspecified atom stereocenters. The molecule has 1 aromatic heterocycles. The minimum atomic E-state index is -0.294. The highest BCUT2D eigenvalue weighted by Gasteiger charge is 2.24. The molecule has 28 heavy (non-hydrogen) atoms. The molecule has 2 aromatic rings. The zero-order valence-electron chi connectivity index (χ0n) is 16.8. The van der Waals surface area contributed by atoms with E-state index in [2.05, 4.69) is 17.1 Å². The number of pyridine rings is 1. The van der Waals surface area contributed by atoms with Crippen LogP contribution in [0.4, 0.5) is 16.0 Å². The summed E-state index contributed by atoms with van der Waals surface area (Å²) in [5.74, 6) is 0.995. The zero-order chi connectivity index (χ0) is 20.3. The van der Waals surface area contributed by atoms with E-state index >= 15 is 0 Å². The maximum absolute atomic E-state index is 13.1. The van der Waals surface area contributed by atoms with Gasteiger partial charge in [0.05, 0.1) is 24.8 Å². The molecule has 150 valence electrons. The van der Waals surface area contributed by atoms with Crippen LogP contribution in [-0.2, 0) is 11.3 Å². The number of amides is 1. The van der Waals surface area contributed by atoms with Gasteiger partial charge in [0, 0.05) is 27.2 Å². The van der Waals surface area contributed by atoms with E-state index in [1.165, 1.54) is 12.1 Å². The second-order valence-corrected chi connectivity index (χ2v) is 7.32. The van der Waals surface area contributed by atoms with E-state index in [0.29, 0.717) is 31.1 Å². The van der Waals surface area contributed by atoms with E-state index in [0.717, 1.165) is 23.5 Å². The summed E-state index contributed by atoms with van der Waals surface area (Å²) in [6.45, 7) is 6.47. The third-order valence-electron chi connectivity index (χ3n) is 4.86. The Morgan fingerprint density at radius 2 is 2.07 bits per heavy atom. The molecule has 0 spiro atoms. The van der Waals surface area contributed by atoms with Gasteiger partial charge in [0.1, 0.15) is 17.5 Å². The Kier molecular flexibility index (Phi) is 6.14. The van der Waals surface area contributed by atoms with Gasteiger partial charge in [-0.3, -0.25) is 4.79 Å². The van der Waals surface area contributed by atoms with Crippen LogP contribution in [0, 0.1) is 12.7 Å². The lowest BCUT2D eigenvalue weighted by Crippen LogP contribution is -2.44. The van der Waals surface area contributed by atoms with Crippen LogP contribution in [0.5, 0.6) is 0 Å². The van der Waals surface area contributed by atoms with Crippen molar-refractivity contribution in [3.63, 3.8) is 0 Å². The number of nitrogens with one attached hydrogen (secondary N) is 1. The van der Waals surface area contributed by atoms with Gasteiger partial charge in [0.2, 0.25) is 0 Å². The number of benzene rings is 1. The normalized spacial score (nSPS) is 16.8. The molecule has 1 saturated heterocycles. The minimum Gasteiger partial charge on any atom is -0.377 e. The Balaban J connectivity index is 1.84. The third-order valence-corrected chi connectivity index (χ3v) is 4.86. The Morgan fingerprint density at radius 3 is 2.71 bits per heavy atom. The first-order valence-electron chi connectivity index (χ1n) is 9.43. The lowest BCUT2D eigenvalue weighted by atomic mass is 10.1. The first-order valence-corrected chi connectivity index (χ1v) is 9.43. The number of halogens is 1. The van der Waals surface area contributed by atoms with Crippen LogP contribution in [-0.4, -0.2) is 50.8 Å². The quantitative estimate of drug-likeness (QED) is 0.856. The van der Waals surface area contributed by atoms with E-state index in [1.54, 1.807) is 12.1 Å². The fourth-order valence-corrected chi connectivity index (χ4v) is 3.33. The van der Waals surface area contributed by atoms with Crippen molar-refractivity contribution < 1.29 is 13.9 Å². The molecule has 1 aliphatic heterocycles. The summed E-state index contributed by atoms with van der Waals surface area (Å²) in [6, 6.07) is 8.29. The third kappa shape index (κ3) is 4.42. The van der Waals surface area contributed by atoms with Gasteiger partial charge in [-0.15, -0.1) is 0 Å². The Morgan fingerprint density at radius 1 is 1.36 bits per heavy atom. The van der Waals surface area contributed by atoms with Gasteiger partial charge in [0.25, 0.3) is 5.91 Å². The average molecular weight is 386 g/mol. The minimum absolute atomic E-state index is 0.195. The molecule has 3 rings (SSSR count). The van der Waals surface area contributed by atoms with Crippen molar-refractivity contribution in [3.8, 4) is 0 Å². The fourth-order valence-electron chi connectivity index (χ4n) is 3.33. The van der Waals surface area contributed by atoms with Crippen molar-refractivity contribution in [1.82, 2.24) is 10.3 Å². The van der Waals surface area contributed by atoms with Gasteiger partial charge in [0.15, 0.2) is 0 Å². The number of rotatable bonds is 5. The number of aromatic nitrogens is 1. The number of carbonyl (C=O) groups excluding carboxylic acids is 1. The van der Waals surface area contributed by atoms with Crippen LogP contribution in [0.3, 0.4) is 0 Å². The topological polar surface area (TPSA) is 57.7 Å². The van der Waals surface area contributed by atoms with Crippen molar-refractivity contribution in [2.45, 2.75) is 26.4 Å². The summed E-state index contributed by atoms with van der Waals surface area (Å²) >= 11 is 0. The molecule has 6 nitrogen and oxygen atoms in total. The van der Waals surface area contributed by atoms with Crippen LogP contribution >= 0.6 is 0 Å². The highest BCUT2D eigenvalue weighted by molar-refractivity contribution is 6.00. The van der Waals surface area contributed by atoms with E-state index < -0.39 is 0 Å². The van der Waals surface area contributed by atoms with E-state index in [9.17, 15) is 9.18 Å². The summed E-state index contributed by atoms with van der Waals surface area (Å²) in [7, 11) is 3.76. The molecule has 2 heterocycles. The van der Waals surface area contributed by atoms with E-state index in [1.807, 2.05) is 32.0 Å². The average Bonchev–Trinajstić information content (AvgIpc) is 2.67. The number of aryl methyl sites for hydroxylation is 1. The van der Waals surface area contributed by atoms with Crippen LogP contribution in [0.15, 0.2) is 30.3 Å². The van der Waals surface area contributed by atoms with Crippen molar-refractivity contribution in [3.05, 3.63) is 52.8 Å². The summed E-state index contributed by atoms with van der Waals surface area (Å²) in [4.78, 5) is 21.7. The van der Waals surface area contributed by atoms with Crippen LogP contribution in [0.2, 0.25) is 0 Å². The van der Waals surface area contributed by atoms with Gasteiger partial charge in [-0.25, -0.2) is 9.37 Å². The van der Waals surface area contributed by atoms with Gasteiger partial charge in [-0.2, -0.15) is 0 Å². The molecule has 1 atom stereocenters. The Labute approximate surface area is 165 Å². The predicted molar refractivity (Wildman–Crippen MR) is 108 cm³/mol. The summed E-state index contributed by atoms with van der Waals surface area (Å²) < 4.78 is 18.6. The molecule has 0 saturated carbocycles. The van der Waals surface area contributed by atoms with Crippen LogP contribution in [0.25, 0.3) is 0 Å². The number of anilines is 2. The van der Waals surface area contributed by atoms with E-state index in [-0.39, 0.29) is 17.8 Å². The molecular weight excluding hydrogens is 359 g/mol. The molecule has 0 radical (unpaired) electrons. The van der Waals surface area contributed by atoms with E-state index in [4.69, 9.17) is 9.72 Å². The van der Waals surface area contributed by atoms with Gasteiger partial charge >= 0.3 is 0 Å². The van der Waals surface area contributed by atoms with Gasteiger partial charge in [-0.05, 0) is 43.2 Å². The highest BCUT2D eigenvalue weighted by atomic mass is 19.1. The lowest BCUT2D eigenvalue weighted by Gasteiger charge is -2.35. The molecule has 0 aliphatic carbocycles. The molecule has 1 aromatic carbocycles. The summed E-state index contributed by atoms with van der Waals surface area (Å²) in [5.41, 5.74) is 2.26. The highest BCUT2D eigenvalue weighted by Crippen LogP contribution is 2.27. The van der Waals surface area contributed by atoms with Crippen molar-refractivity contribution >= 4 is 17.5 Å². The molecule has 1 N–H and O–H groups in total. The smallest absolute Gasteiger partial charge is 0.255 e. The SMILES string of the molecule is Cc1cc(N2CCOCC2C)nc(N(C)C)c1C(=O)NCc1ccc(F)cc1. The number of nitrogens with zero attached hydrogens (tertiary/aromatic N) is 3. The second-order valence-electron chi connectivity index (χ2n) is 7.32. The number of ether oxygens (including phenoxy) is 1. The first-order chi connectivity index (χ1) is 13.4. The van der Waals surface area contributed by atoms with Crippen LogP contribution < -0.4 is 15.1 Å². The molecule has 7 heteroatoms. The van der Waals surface area contributed by atoms with Crippen LogP contribution in [0.1, 0.15) is 28.4 Å². The summed E-state index contributed by atoms with van der Waals surface area (Å²) in [5, 5.41) is 2.92. The lowest BCUT2D eigenvalue weighted by molar-refractivity contribution is 0.0949. The number of hydrogen-bond donors (Lipinski definition) is 1. The molecule has 1 amide bonds. The maximum Gasteiger partial charge on any atom is 0.255 e. The zero-order valence-corrected chi connectivity index (χ0v) is 16.8. The maximum atomic E-state index is 13.1. The first kappa shape index (κ1) is 20.1. The number of hydrogen-bond acceptors (Lipinski definition) is 5. The van der Waals surface area contributed by atoms with Gasteiger partial charge < -0.3 is 19.9 Å². The molecule has 0 bridgehead atoms.